The van der Waals surface area contributed by atoms with Crippen molar-refractivity contribution in [3.8, 4) is 23.6 Å². The quantitative estimate of drug-likeness (QED) is 0.347. The summed E-state index contributed by atoms with van der Waals surface area (Å²) in [5.41, 5.74) is 4.23. The number of carbonyl (C=O) groups excluding carboxylic acids is 1. The Bertz CT molecular complexity index is 1450. The minimum Gasteiger partial charge on any atom is -0.288 e. The lowest BCUT2D eigenvalue weighted by atomic mass is 10.0. The Morgan fingerprint density at radius 3 is 2.69 bits per heavy atom. The zero-order chi connectivity index (χ0) is 22.7. The highest BCUT2D eigenvalue weighted by atomic mass is 32.2. The van der Waals surface area contributed by atoms with Crippen LogP contribution in [0.2, 0.25) is 0 Å². The molecule has 0 bridgehead atoms. The summed E-state index contributed by atoms with van der Waals surface area (Å²) < 4.78 is 28.5. The van der Waals surface area contributed by atoms with E-state index in [2.05, 4.69) is 20.7 Å². The van der Waals surface area contributed by atoms with Crippen LogP contribution in [0.1, 0.15) is 27.9 Å². The van der Waals surface area contributed by atoms with Gasteiger partial charge in [-0.05, 0) is 25.1 Å². The number of nitrogens with one attached hydrogen (secondary N) is 1. The summed E-state index contributed by atoms with van der Waals surface area (Å²) in [5.74, 6) is 2.00. The number of rotatable bonds is 7. The van der Waals surface area contributed by atoms with Crippen LogP contribution in [0.4, 0.5) is 5.69 Å². The van der Waals surface area contributed by atoms with Gasteiger partial charge in [-0.3, -0.25) is 9.52 Å². The summed E-state index contributed by atoms with van der Waals surface area (Å²) in [6, 6.07) is 16.0. The molecule has 0 unspecified atom stereocenters. The SMILES string of the molecule is C#CCCS(=O)(=O)Nc1cccc(-c2ccnc3c(C(=O)c4ccc(C)cc4)cnn23)c1. The number of aryl methyl sites for hydroxylation is 1. The molecule has 2 heterocycles. The molecule has 0 amide bonds. The standard InChI is InChI=1S/C24H20N4O3S/c1-3-4-14-32(30,31)27-20-7-5-6-19(15-20)22-12-13-25-24-21(16-26-28(22)24)23(29)18-10-8-17(2)9-11-18/h1,5-13,15-16,27H,4,14H2,2H3. The van der Waals surface area contributed by atoms with Crippen LogP contribution in [-0.2, 0) is 10.0 Å². The molecule has 7 nitrogen and oxygen atoms in total. The van der Waals surface area contributed by atoms with Gasteiger partial charge in [0.2, 0.25) is 10.0 Å². The molecule has 0 saturated heterocycles. The van der Waals surface area contributed by atoms with E-state index in [0.29, 0.717) is 33.7 Å². The van der Waals surface area contributed by atoms with Crippen LogP contribution < -0.4 is 4.72 Å². The number of carbonyl (C=O) groups is 1. The summed E-state index contributed by atoms with van der Waals surface area (Å²) in [4.78, 5) is 17.3. The number of terminal acetylenes is 1. The average Bonchev–Trinajstić information content (AvgIpc) is 3.22. The first-order valence-electron chi connectivity index (χ1n) is 9.86. The largest absolute Gasteiger partial charge is 0.288 e. The van der Waals surface area contributed by atoms with Crippen LogP contribution in [0.15, 0.2) is 67.0 Å². The molecule has 0 aliphatic rings. The van der Waals surface area contributed by atoms with E-state index in [1.54, 1.807) is 47.1 Å². The van der Waals surface area contributed by atoms with Crippen molar-refractivity contribution in [1.82, 2.24) is 14.6 Å². The van der Waals surface area contributed by atoms with E-state index in [1.807, 2.05) is 25.1 Å². The normalized spacial score (nSPS) is 11.2. The van der Waals surface area contributed by atoms with E-state index < -0.39 is 10.0 Å². The molecule has 160 valence electrons. The molecular formula is C24H20N4O3S. The van der Waals surface area contributed by atoms with Crippen LogP contribution in [0.25, 0.3) is 16.9 Å². The maximum Gasteiger partial charge on any atom is 0.233 e. The van der Waals surface area contributed by atoms with E-state index in [1.165, 1.54) is 6.20 Å². The second-order valence-electron chi connectivity index (χ2n) is 7.27. The van der Waals surface area contributed by atoms with Gasteiger partial charge < -0.3 is 0 Å². The molecule has 0 fully saturated rings. The maximum absolute atomic E-state index is 13.0. The first-order valence-corrected chi connectivity index (χ1v) is 11.5. The van der Waals surface area contributed by atoms with Gasteiger partial charge in [0.1, 0.15) is 0 Å². The van der Waals surface area contributed by atoms with Gasteiger partial charge in [0.25, 0.3) is 0 Å². The van der Waals surface area contributed by atoms with Crippen LogP contribution in [0, 0.1) is 19.3 Å². The van der Waals surface area contributed by atoms with Crippen molar-refractivity contribution >= 4 is 27.1 Å². The summed E-state index contributed by atoms with van der Waals surface area (Å²) in [7, 11) is -3.55. The van der Waals surface area contributed by atoms with Crippen LogP contribution in [0.3, 0.4) is 0 Å². The third-order valence-corrected chi connectivity index (χ3v) is 6.19. The van der Waals surface area contributed by atoms with Crippen molar-refractivity contribution in [1.29, 1.82) is 0 Å². The van der Waals surface area contributed by atoms with Crippen molar-refractivity contribution < 1.29 is 13.2 Å². The molecule has 4 rings (SSSR count). The number of hydrogen-bond donors (Lipinski definition) is 1. The molecule has 2 aromatic heterocycles. The highest BCUT2D eigenvalue weighted by molar-refractivity contribution is 7.92. The van der Waals surface area contributed by atoms with Gasteiger partial charge in [-0.15, -0.1) is 12.3 Å². The highest BCUT2D eigenvalue weighted by Gasteiger charge is 2.18. The third-order valence-electron chi connectivity index (χ3n) is 4.91. The lowest BCUT2D eigenvalue weighted by molar-refractivity contribution is 0.104. The van der Waals surface area contributed by atoms with Gasteiger partial charge in [0.15, 0.2) is 11.4 Å². The number of nitrogens with zero attached hydrogens (tertiary/aromatic N) is 3. The summed E-state index contributed by atoms with van der Waals surface area (Å²) >= 11 is 0. The highest BCUT2D eigenvalue weighted by Crippen LogP contribution is 2.25. The molecule has 0 atom stereocenters. The van der Waals surface area contributed by atoms with E-state index in [-0.39, 0.29) is 18.0 Å². The van der Waals surface area contributed by atoms with Gasteiger partial charge in [-0.2, -0.15) is 5.10 Å². The number of hydrogen-bond acceptors (Lipinski definition) is 5. The van der Waals surface area contributed by atoms with Gasteiger partial charge in [-0.25, -0.2) is 17.9 Å². The van der Waals surface area contributed by atoms with Gasteiger partial charge in [0, 0.05) is 29.4 Å². The Kier molecular flexibility index (Phi) is 5.75. The Balaban J connectivity index is 1.70. The molecular weight excluding hydrogens is 424 g/mol. The fourth-order valence-corrected chi connectivity index (χ4v) is 4.27. The average molecular weight is 445 g/mol. The number of anilines is 1. The van der Waals surface area contributed by atoms with Crippen molar-refractivity contribution in [3.63, 3.8) is 0 Å². The molecule has 0 aliphatic heterocycles. The summed E-state index contributed by atoms with van der Waals surface area (Å²) in [5, 5.41) is 4.38. The molecule has 0 aliphatic carbocycles. The van der Waals surface area contributed by atoms with Crippen LogP contribution >= 0.6 is 0 Å². The lowest BCUT2D eigenvalue weighted by Crippen LogP contribution is -2.16. The third kappa shape index (κ3) is 4.38. The Morgan fingerprint density at radius 1 is 1.16 bits per heavy atom. The molecule has 0 radical (unpaired) electrons. The lowest BCUT2D eigenvalue weighted by Gasteiger charge is -2.10. The molecule has 32 heavy (non-hydrogen) atoms. The second-order valence-corrected chi connectivity index (χ2v) is 9.12. The van der Waals surface area contributed by atoms with E-state index in [0.717, 1.165) is 5.56 Å². The minimum atomic E-state index is -3.55. The fourth-order valence-electron chi connectivity index (χ4n) is 3.30. The second kappa shape index (κ2) is 8.65. The van der Waals surface area contributed by atoms with Crippen molar-refractivity contribution in [2.24, 2.45) is 0 Å². The number of aromatic nitrogens is 3. The zero-order valence-corrected chi connectivity index (χ0v) is 18.1. The van der Waals surface area contributed by atoms with Crippen molar-refractivity contribution in [3.05, 3.63) is 83.7 Å². The number of benzene rings is 2. The molecule has 1 N–H and O–H groups in total. The van der Waals surface area contributed by atoms with E-state index in [9.17, 15) is 13.2 Å². The number of fused-ring (bicyclic) bond motifs is 1. The number of sulfonamides is 1. The molecule has 8 heteroatoms. The van der Waals surface area contributed by atoms with E-state index >= 15 is 0 Å². The van der Waals surface area contributed by atoms with E-state index in [4.69, 9.17) is 6.42 Å². The maximum atomic E-state index is 13.0. The first kappa shape index (κ1) is 21.3. The van der Waals surface area contributed by atoms with Gasteiger partial charge >= 0.3 is 0 Å². The Hall–Kier alpha value is -3.96. The molecule has 0 saturated carbocycles. The monoisotopic (exact) mass is 444 g/mol. The molecule has 0 spiro atoms. The van der Waals surface area contributed by atoms with Crippen LogP contribution in [-0.4, -0.2) is 34.6 Å². The predicted molar refractivity (Wildman–Crippen MR) is 124 cm³/mol. The van der Waals surface area contributed by atoms with Gasteiger partial charge in [0.05, 0.1) is 23.2 Å². The van der Waals surface area contributed by atoms with Crippen LogP contribution in [0.5, 0.6) is 0 Å². The topological polar surface area (TPSA) is 93.4 Å². The van der Waals surface area contributed by atoms with Crippen molar-refractivity contribution in [2.75, 3.05) is 10.5 Å². The fraction of sp³-hybridized carbons (Fsp3) is 0.125. The summed E-state index contributed by atoms with van der Waals surface area (Å²) in [6.07, 6.45) is 8.40. The zero-order valence-electron chi connectivity index (χ0n) is 17.3. The Morgan fingerprint density at radius 2 is 1.94 bits per heavy atom. The van der Waals surface area contributed by atoms with Gasteiger partial charge in [-0.1, -0.05) is 42.0 Å². The molecule has 4 aromatic rings. The molecule has 2 aromatic carbocycles. The predicted octanol–water partition coefficient (Wildman–Crippen LogP) is 3.70. The minimum absolute atomic E-state index is 0.130. The first-order chi connectivity index (χ1) is 15.4. The van der Waals surface area contributed by atoms with Crippen molar-refractivity contribution in [2.45, 2.75) is 13.3 Å². The summed E-state index contributed by atoms with van der Waals surface area (Å²) in [6.45, 7) is 1.96. The number of ketones is 1. The Labute approximate surface area is 186 Å². The smallest absolute Gasteiger partial charge is 0.233 e.